The highest BCUT2D eigenvalue weighted by molar-refractivity contribution is 7.86. The molecule has 0 aliphatic heterocycles. The van der Waals surface area contributed by atoms with E-state index in [-0.39, 0.29) is 0 Å². The van der Waals surface area contributed by atoms with Crippen molar-refractivity contribution in [3.63, 3.8) is 0 Å². The van der Waals surface area contributed by atoms with Gasteiger partial charge in [-0.15, -0.1) is 11.3 Å². The maximum Gasteiger partial charge on any atom is 0.0907 e. The summed E-state index contributed by atoms with van der Waals surface area (Å²) in [7, 11) is -0.779. The second-order valence-corrected chi connectivity index (χ2v) is 3.94. The Hall–Kier alpha value is -0.150. The highest BCUT2D eigenvalue weighted by Gasteiger charge is 1.93. The summed E-state index contributed by atoms with van der Waals surface area (Å²) in [5, 5.41) is 1.93. The molecule has 44 valence electrons. The molecule has 0 saturated carbocycles. The van der Waals surface area contributed by atoms with Crippen LogP contribution in [0.4, 0.5) is 0 Å². The summed E-state index contributed by atoms with van der Waals surface area (Å²) in [5.74, 6) is 0. The molecule has 0 aliphatic rings. The minimum atomic E-state index is -0.779. The Morgan fingerprint density at radius 3 is 2.75 bits per heavy atom. The van der Waals surface area contributed by atoms with Crippen LogP contribution in [0, 0.1) is 0 Å². The lowest BCUT2D eigenvalue weighted by Gasteiger charge is -1.81. The Labute approximate surface area is 54.8 Å². The molecule has 1 rings (SSSR count). The van der Waals surface area contributed by atoms with Crippen molar-refractivity contribution in [3.8, 4) is 0 Å². The molecule has 0 aliphatic carbocycles. The van der Waals surface area contributed by atoms with Crippen molar-refractivity contribution in [1.29, 1.82) is 0 Å². The fourth-order valence-corrected chi connectivity index (χ4v) is 1.85. The summed E-state index contributed by atoms with van der Waals surface area (Å²) in [6.45, 7) is 0. The zero-order chi connectivity index (χ0) is 5.98. The van der Waals surface area contributed by atoms with Gasteiger partial charge in [-0.2, -0.15) is 0 Å². The van der Waals surface area contributed by atoms with Crippen molar-refractivity contribution in [2.75, 3.05) is 6.26 Å². The van der Waals surface area contributed by atoms with Crippen LogP contribution < -0.4 is 0 Å². The highest BCUT2D eigenvalue weighted by Crippen LogP contribution is 2.11. The van der Waals surface area contributed by atoms with Crippen molar-refractivity contribution in [2.45, 2.75) is 4.21 Å². The first kappa shape index (κ1) is 5.98. The molecule has 1 aromatic heterocycles. The van der Waals surface area contributed by atoms with Crippen LogP contribution in [0.15, 0.2) is 21.7 Å². The van der Waals surface area contributed by atoms with Crippen molar-refractivity contribution in [2.24, 2.45) is 0 Å². The van der Waals surface area contributed by atoms with E-state index < -0.39 is 10.8 Å². The SMILES string of the molecule is CS(=O)c1cccs1. The van der Waals surface area contributed by atoms with E-state index in [9.17, 15) is 4.21 Å². The molecule has 0 spiro atoms. The molecular weight excluding hydrogens is 140 g/mol. The van der Waals surface area contributed by atoms with E-state index >= 15 is 0 Å². The van der Waals surface area contributed by atoms with Gasteiger partial charge in [0.2, 0.25) is 0 Å². The Morgan fingerprint density at radius 2 is 2.50 bits per heavy atom. The van der Waals surface area contributed by atoms with Crippen LogP contribution in [0.3, 0.4) is 0 Å². The van der Waals surface area contributed by atoms with E-state index in [1.807, 2.05) is 17.5 Å². The normalized spacial score (nSPS) is 13.6. The second-order valence-electron chi connectivity index (χ2n) is 1.39. The third-order valence-corrected chi connectivity index (χ3v) is 3.14. The molecule has 0 amide bonds. The average molecular weight is 146 g/mol. The fraction of sp³-hybridized carbons (Fsp3) is 0.200. The number of hydrogen-bond donors (Lipinski definition) is 0. The molecule has 1 atom stereocenters. The Bertz CT molecular complexity index is 178. The van der Waals surface area contributed by atoms with Gasteiger partial charge in [0.25, 0.3) is 0 Å². The van der Waals surface area contributed by atoms with Crippen LogP contribution in [-0.4, -0.2) is 10.5 Å². The van der Waals surface area contributed by atoms with E-state index in [4.69, 9.17) is 0 Å². The zero-order valence-electron chi connectivity index (χ0n) is 4.46. The van der Waals surface area contributed by atoms with Gasteiger partial charge in [0.05, 0.1) is 15.0 Å². The molecular formula is C5H6OS2. The van der Waals surface area contributed by atoms with Crippen molar-refractivity contribution in [3.05, 3.63) is 17.5 Å². The molecule has 1 unspecified atom stereocenters. The third-order valence-electron chi connectivity index (χ3n) is 0.778. The van der Waals surface area contributed by atoms with Gasteiger partial charge >= 0.3 is 0 Å². The zero-order valence-corrected chi connectivity index (χ0v) is 6.09. The largest absolute Gasteiger partial charge is 0.254 e. The van der Waals surface area contributed by atoms with Gasteiger partial charge < -0.3 is 0 Å². The van der Waals surface area contributed by atoms with Gasteiger partial charge in [-0.25, -0.2) is 0 Å². The van der Waals surface area contributed by atoms with Gasteiger partial charge in [0.1, 0.15) is 0 Å². The topological polar surface area (TPSA) is 17.1 Å². The van der Waals surface area contributed by atoms with Crippen molar-refractivity contribution in [1.82, 2.24) is 0 Å². The predicted octanol–water partition coefficient (Wildman–Crippen LogP) is 1.49. The van der Waals surface area contributed by atoms with Crippen LogP contribution in [0.2, 0.25) is 0 Å². The Kier molecular flexibility index (Phi) is 1.81. The van der Waals surface area contributed by atoms with Crippen molar-refractivity contribution < 1.29 is 4.21 Å². The second kappa shape index (κ2) is 2.42. The summed E-state index contributed by atoms with van der Waals surface area (Å²) in [6, 6.07) is 3.78. The van der Waals surface area contributed by atoms with Gasteiger partial charge in [0, 0.05) is 6.26 Å². The summed E-state index contributed by atoms with van der Waals surface area (Å²) in [4.78, 5) is 0. The van der Waals surface area contributed by atoms with Crippen LogP contribution >= 0.6 is 11.3 Å². The van der Waals surface area contributed by atoms with E-state index in [1.165, 1.54) is 11.3 Å². The fourth-order valence-electron chi connectivity index (χ4n) is 0.427. The molecule has 3 heteroatoms. The number of rotatable bonds is 1. The van der Waals surface area contributed by atoms with Gasteiger partial charge in [0.15, 0.2) is 0 Å². The molecule has 0 N–H and O–H groups in total. The molecule has 0 aromatic carbocycles. The lowest BCUT2D eigenvalue weighted by Crippen LogP contribution is -1.78. The summed E-state index contributed by atoms with van der Waals surface area (Å²) < 4.78 is 11.6. The van der Waals surface area contributed by atoms with E-state index in [1.54, 1.807) is 6.26 Å². The van der Waals surface area contributed by atoms with Gasteiger partial charge in [-0.3, -0.25) is 4.21 Å². The smallest absolute Gasteiger partial charge is 0.0907 e. The summed E-state index contributed by atoms with van der Waals surface area (Å²) in [6.07, 6.45) is 1.69. The minimum Gasteiger partial charge on any atom is -0.254 e. The summed E-state index contributed by atoms with van der Waals surface area (Å²) in [5.41, 5.74) is 0. The highest BCUT2D eigenvalue weighted by atomic mass is 32.2. The predicted molar refractivity (Wildman–Crippen MR) is 36.7 cm³/mol. The maximum atomic E-state index is 10.6. The molecule has 8 heavy (non-hydrogen) atoms. The molecule has 0 radical (unpaired) electrons. The van der Waals surface area contributed by atoms with Crippen LogP contribution in [0.5, 0.6) is 0 Å². The molecule has 0 bridgehead atoms. The lowest BCUT2D eigenvalue weighted by molar-refractivity contribution is 0.688. The van der Waals surface area contributed by atoms with Gasteiger partial charge in [-0.1, -0.05) is 6.07 Å². The first-order valence-corrected chi connectivity index (χ1v) is 4.61. The standard InChI is InChI=1S/C5H6OS2/c1-8(6)5-3-2-4-7-5/h2-4H,1H3. The maximum absolute atomic E-state index is 10.6. The monoisotopic (exact) mass is 146 g/mol. The Morgan fingerprint density at radius 1 is 1.75 bits per heavy atom. The van der Waals surface area contributed by atoms with Crippen molar-refractivity contribution >= 4 is 22.1 Å². The molecule has 1 nitrogen and oxygen atoms in total. The number of hydrogen-bond acceptors (Lipinski definition) is 2. The molecule has 0 fully saturated rings. The van der Waals surface area contributed by atoms with Crippen LogP contribution in [-0.2, 0) is 10.8 Å². The Balaban J connectivity index is 2.93. The van der Waals surface area contributed by atoms with Crippen LogP contribution in [0.25, 0.3) is 0 Å². The van der Waals surface area contributed by atoms with E-state index in [2.05, 4.69) is 0 Å². The van der Waals surface area contributed by atoms with E-state index in [0.29, 0.717) is 0 Å². The first-order valence-electron chi connectivity index (χ1n) is 2.17. The number of thiophene rings is 1. The summed E-state index contributed by atoms with van der Waals surface area (Å²) >= 11 is 1.53. The van der Waals surface area contributed by atoms with E-state index in [0.717, 1.165) is 4.21 Å². The third kappa shape index (κ3) is 1.17. The first-order chi connectivity index (χ1) is 3.80. The quantitative estimate of drug-likeness (QED) is 0.586. The minimum absolute atomic E-state index is 0.779. The van der Waals surface area contributed by atoms with Crippen LogP contribution in [0.1, 0.15) is 0 Å². The lowest BCUT2D eigenvalue weighted by atomic mass is 10.7. The van der Waals surface area contributed by atoms with Gasteiger partial charge in [-0.05, 0) is 11.4 Å². The molecule has 1 heterocycles. The molecule has 1 aromatic rings. The average Bonchev–Trinajstić information content (AvgIpc) is 2.12. The molecule has 0 saturated heterocycles.